The monoisotopic (exact) mass is 459 g/mol. The lowest BCUT2D eigenvalue weighted by Crippen LogP contribution is -2.60. The van der Waals surface area contributed by atoms with Gasteiger partial charge in [0, 0.05) is 36.7 Å². The predicted molar refractivity (Wildman–Crippen MR) is 123 cm³/mol. The van der Waals surface area contributed by atoms with Crippen LogP contribution < -0.4 is 19.7 Å². The molecule has 172 valence electrons. The maximum Gasteiger partial charge on any atom is 0.212 e. The van der Waals surface area contributed by atoms with Crippen LogP contribution in [-0.4, -0.2) is 53.0 Å². The molecule has 2 aromatic rings. The molecule has 0 spiro atoms. The minimum Gasteiger partial charge on any atom is -0.492 e. The third-order valence-corrected chi connectivity index (χ3v) is 8.38. The number of benzene rings is 2. The number of ether oxygens (including phenoxy) is 1. The highest BCUT2D eigenvalue weighted by Gasteiger charge is 2.37. The van der Waals surface area contributed by atoms with Gasteiger partial charge in [-0.15, -0.1) is 0 Å². The standard InChI is InChI=1S/C24H30FN3O3S/c1-26-22-14-31-24-11-21(25)23(10-20(24)19(22)9-16-5-3-2-4-6-16)28-12-18(13-28)27-32(29,30)15-17-7-8-17/h2-6,10-11,17-19,22,26-27H,7-9,12-15H2,1H3/t19-,22-/m0/s1. The summed E-state index contributed by atoms with van der Waals surface area (Å²) in [5.74, 6) is 0.939. The largest absolute Gasteiger partial charge is 0.492 e. The van der Waals surface area contributed by atoms with E-state index in [4.69, 9.17) is 4.74 Å². The number of likely N-dealkylation sites (N-methyl/N-ethyl adjacent to an activating group) is 1. The molecule has 2 aromatic carbocycles. The van der Waals surface area contributed by atoms with Gasteiger partial charge in [-0.05, 0) is 43.9 Å². The smallest absolute Gasteiger partial charge is 0.212 e. The first-order valence-corrected chi connectivity index (χ1v) is 13.0. The summed E-state index contributed by atoms with van der Waals surface area (Å²) in [6, 6.07) is 13.6. The molecule has 2 N–H and O–H groups in total. The van der Waals surface area contributed by atoms with Gasteiger partial charge in [0.25, 0.3) is 0 Å². The first-order chi connectivity index (χ1) is 15.4. The van der Waals surface area contributed by atoms with Crippen LogP contribution in [0.25, 0.3) is 0 Å². The van der Waals surface area contributed by atoms with Crippen molar-refractivity contribution in [2.75, 3.05) is 37.4 Å². The summed E-state index contributed by atoms with van der Waals surface area (Å²) in [7, 11) is -1.34. The van der Waals surface area contributed by atoms with E-state index in [0.717, 1.165) is 24.8 Å². The molecule has 2 atom stereocenters. The fraction of sp³-hybridized carbons (Fsp3) is 0.500. The number of hydrogen-bond donors (Lipinski definition) is 2. The summed E-state index contributed by atoms with van der Waals surface area (Å²) in [5.41, 5.74) is 2.74. The Bertz CT molecular complexity index is 1070. The van der Waals surface area contributed by atoms with Gasteiger partial charge in [0.2, 0.25) is 10.0 Å². The molecule has 5 rings (SSSR count). The third-order valence-electron chi connectivity index (χ3n) is 6.77. The highest BCUT2D eigenvalue weighted by molar-refractivity contribution is 7.89. The van der Waals surface area contributed by atoms with Crippen LogP contribution in [0, 0.1) is 11.7 Å². The minimum absolute atomic E-state index is 0.124. The second kappa shape index (κ2) is 8.65. The molecule has 0 radical (unpaired) electrons. The number of fused-ring (bicyclic) bond motifs is 1. The fourth-order valence-electron chi connectivity index (χ4n) is 4.78. The topological polar surface area (TPSA) is 70.7 Å². The Morgan fingerprint density at radius 3 is 2.59 bits per heavy atom. The van der Waals surface area contributed by atoms with E-state index in [1.165, 1.54) is 11.6 Å². The van der Waals surface area contributed by atoms with Crippen molar-refractivity contribution in [3.63, 3.8) is 0 Å². The van der Waals surface area contributed by atoms with Gasteiger partial charge in [0.05, 0.1) is 17.5 Å². The summed E-state index contributed by atoms with van der Waals surface area (Å²) in [6.07, 6.45) is 2.83. The summed E-state index contributed by atoms with van der Waals surface area (Å²) in [4.78, 5) is 1.91. The molecule has 1 aliphatic carbocycles. The number of sulfonamides is 1. The van der Waals surface area contributed by atoms with E-state index in [1.54, 1.807) is 0 Å². The Kier molecular flexibility index (Phi) is 5.86. The van der Waals surface area contributed by atoms with Gasteiger partial charge < -0.3 is 15.0 Å². The lowest BCUT2D eigenvalue weighted by atomic mass is 9.83. The molecule has 0 bridgehead atoms. The third kappa shape index (κ3) is 4.63. The van der Waals surface area contributed by atoms with E-state index < -0.39 is 10.0 Å². The van der Waals surface area contributed by atoms with Crippen LogP contribution in [0.1, 0.15) is 29.9 Å². The van der Waals surface area contributed by atoms with Gasteiger partial charge in [-0.3, -0.25) is 0 Å². The first-order valence-electron chi connectivity index (χ1n) is 11.3. The average Bonchev–Trinajstić information content (AvgIpc) is 3.54. The summed E-state index contributed by atoms with van der Waals surface area (Å²) in [5, 5.41) is 3.35. The molecule has 1 saturated heterocycles. The van der Waals surface area contributed by atoms with Gasteiger partial charge in [-0.25, -0.2) is 17.5 Å². The van der Waals surface area contributed by atoms with Crippen LogP contribution in [0.4, 0.5) is 10.1 Å². The summed E-state index contributed by atoms with van der Waals surface area (Å²) < 4.78 is 48.1. The molecule has 6 nitrogen and oxygen atoms in total. The van der Waals surface area contributed by atoms with Crippen molar-refractivity contribution in [3.8, 4) is 5.75 Å². The quantitative estimate of drug-likeness (QED) is 0.635. The Morgan fingerprint density at radius 1 is 1.16 bits per heavy atom. The van der Waals surface area contributed by atoms with Crippen molar-refractivity contribution in [3.05, 3.63) is 59.4 Å². The van der Waals surface area contributed by atoms with Crippen LogP contribution >= 0.6 is 0 Å². The molecule has 0 amide bonds. The number of anilines is 1. The second-order valence-corrected chi connectivity index (χ2v) is 11.1. The molecule has 0 aromatic heterocycles. The van der Waals surface area contributed by atoms with Crippen LogP contribution in [0.15, 0.2) is 42.5 Å². The molecule has 1 saturated carbocycles. The Hall–Kier alpha value is -2.16. The number of nitrogens with one attached hydrogen (secondary N) is 2. The van der Waals surface area contributed by atoms with Gasteiger partial charge in [0.1, 0.15) is 18.2 Å². The van der Waals surface area contributed by atoms with Crippen molar-refractivity contribution >= 4 is 15.7 Å². The van der Waals surface area contributed by atoms with Crippen LogP contribution in [0.5, 0.6) is 5.75 Å². The predicted octanol–water partition coefficient (Wildman–Crippen LogP) is 2.65. The lowest BCUT2D eigenvalue weighted by Gasteiger charge is -2.42. The second-order valence-electron chi connectivity index (χ2n) is 9.29. The molecule has 8 heteroatoms. The van der Waals surface area contributed by atoms with Crippen molar-refractivity contribution in [2.24, 2.45) is 5.92 Å². The molecule has 2 fully saturated rings. The highest BCUT2D eigenvalue weighted by atomic mass is 32.2. The normalized spacial score (nSPS) is 23.4. The highest BCUT2D eigenvalue weighted by Crippen LogP contribution is 2.40. The molecule has 3 aliphatic rings. The van der Waals surface area contributed by atoms with E-state index in [9.17, 15) is 12.8 Å². The zero-order valence-corrected chi connectivity index (χ0v) is 19.1. The Balaban J connectivity index is 1.33. The molecule has 0 unspecified atom stereocenters. The van der Waals surface area contributed by atoms with Crippen LogP contribution in [-0.2, 0) is 16.4 Å². The van der Waals surface area contributed by atoms with E-state index in [1.807, 2.05) is 36.2 Å². The molecule has 2 aliphatic heterocycles. The van der Waals surface area contributed by atoms with Gasteiger partial charge in [-0.2, -0.15) is 0 Å². The zero-order valence-electron chi connectivity index (χ0n) is 18.3. The van der Waals surface area contributed by atoms with Crippen molar-refractivity contribution in [1.82, 2.24) is 10.0 Å². The molecular weight excluding hydrogens is 429 g/mol. The fourth-order valence-corrected chi connectivity index (χ4v) is 6.49. The maximum absolute atomic E-state index is 15.0. The van der Waals surface area contributed by atoms with Crippen LogP contribution in [0.3, 0.4) is 0 Å². The molecule has 32 heavy (non-hydrogen) atoms. The number of nitrogens with zero attached hydrogens (tertiary/aromatic N) is 1. The SMILES string of the molecule is CN[C@H]1COc2cc(F)c(N3CC(NS(=O)(=O)CC4CC4)C3)cc2[C@@H]1Cc1ccccc1. The van der Waals surface area contributed by atoms with Gasteiger partial charge in [-0.1, -0.05) is 30.3 Å². The van der Waals surface area contributed by atoms with Crippen LogP contribution in [0.2, 0.25) is 0 Å². The molecule has 2 heterocycles. The Morgan fingerprint density at radius 2 is 1.91 bits per heavy atom. The Labute approximate surface area is 189 Å². The average molecular weight is 460 g/mol. The van der Waals surface area contributed by atoms with Gasteiger partial charge in [0.15, 0.2) is 0 Å². The number of hydrogen-bond acceptors (Lipinski definition) is 5. The number of halogens is 1. The molecular formula is C24H30FN3O3S. The van der Waals surface area contributed by atoms with Crippen molar-refractivity contribution < 1.29 is 17.5 Å². The van der Waals surface area contributed by atoms with E-state index in [2.05, 4.69) is 22.2 Å². The lowest BCUT2D eigenvalue weighted by molar-refractivity contribution is 0.218. The number of rotatable bonds is 8. The van der Waals surface area contributed by atoms with E-state index in [-0.39, 0.29) is 29.6 Å². The maximum atomic E-state index is 15.0. The van der Waals surface area contributed by atoms with Gasteiger partial charge >= 0.3 is 0 Å². The summed E-state index contributed by atoms with van der Waals surface area (Å²) >= 11 is 0. The zero-order chi connectivity index (χ0) is 22.3. The van der Waals surface area contributed by atoms with E-state index >= 15 is 0 Å². The van der Waals surface area contributed by atoms with Crippen molar-refractivity contribution in [2.45, 2.75) is 37.3 Å². The van der Waals surface area contributed by atoms with E-state index in [0.29, 0.717) is 37.1 Å². The summed E-state index contributed by atoms with van der Waals surface area (Å²) in [6.45, 7) is 1.44. The minimum atomic E-state index is -3.26. The first kappa shape index (κ1) is 21.7. The van der Waals surface area contributed by atoms with Crippen molar-refractivity contribution in [1.29, 1.82) is 0 Å².